The van der Waals surface area contributed by atoms with Gasteiger partial charge in [-0.2, -0.15) is 6.42 Å². The van der Waals surface area contributed by atoms with Crippen LogP contribution in [0.3, 0.4) is 0 Å². The molecule has 0 saturated heterocycles. The van der Waals surface area contributed by atoms with E-state index >= 15 is 0 Å². The van der Waals surface area contributed by atoms with Gasteiger partial charge in [0.1, 0.15) is 0 Å². The number of ether oxygens (including phenoxy) is 2. The van der Waals surface area contributed by atoms with E-state index in [1.54, 1.807) is 0 Å². The smallest absolute Gasteiger partial charge is 1.00 e. The van der Waals surface area contributed by atoms with Gasteiger partial charge in [-0.1, -0.05) is 13.0 Å². The molecule has 0 bridgehead atoms. The fraction of sp³-hybridized carbons (Fsp3) is 0.966. The molecule has 13 heteroatoms. The van der Waals surface area contributed by atoms with Gasteiger partial charge >= 0.3 is 64.1 Å². The van der Waals surface area contributed by atoms with Crippen LogP contribution in [0, 0.1) is 24.2 Å². The topological polar surface area (TPSA) is 130 Å². The molecule has 2 rings (SSSR count). The van der Waals surface area contributed by atoms with E-state index in [4.69, 9.17) is 27.6 Å². The largest absolute Gasteiger partial charge is 2.00 e. The number of rotatable bonds is 14. The molecule has 2 aliphatic rings. The van der Waals surface area contributed by atoms with Gasteiger partial charge in [0.05, 0.1) is 49.3 Å². The molecular weight excluding hydrogens is 708 g/mol. The average Bonchev–Trinajstić information content (AvgIpc) is 2.77. The van der Waals surface area contributed by atoms with Crippen molar-refractivity contribution < 1.29 is 48.3 Å². The summed E-state index contributed by atoms with van der Waals surface area (Å²) in [6, 6.07) is 0. The van der Waals surface area contributed by atoms with E-state index in [2.05, 4.69) is 6.92 Å². The number of hydrogen-bond donors (Lipinski definition) is 2. The first-order valence-electron chi connectivity index (χ1n) is 15.1. The minimum absolute atomic E-state index is 0. The SMILES string of the molecule is CC(C)OCC1C[CH-]C(O)CC1OP(C)(=O)OC(C)C.CC1CC(O)C(OP(C)(=O)OC(C)C)C(COC(C)C)C1.[Ba+2].[H-]. The van der Waals surface area contributed by atoms with Crippen molar-refractivity contribution in [2.24, 2.45) is 17.8 Å². The third kappa shape index (κ3) is 18.8. The van der Waals surface area contributed by atoms with Gasteiger partial charge in [0, 0.05) is 25.9 Å². The first-order chi connectivity index (χ1) is 18.8. The normalized spacial score (nSPS) is 31.3. The second kappa shape index (κ2) is 20.8. The maximum absolute atomic E-state index is 12.4. The molecule has 0 heterocycles. The predicted octanol–water partition coefficient (Wildman–Crippen LogP) is 6.20. The molecule has 0 spiro atoms. The predicted molar refractivity (Wildman–Crippen MR) is 169 cm³/mol. The standard InChI is InChI=1S/C15H31O5P.C14H28O5P.Ba.H/c1-10(2)18-9-13-7-12(5)8-14(16)15(13)20-21(6,17)19-11(3)4;1-10(2)17-9-12-6-7-13(15)8-14(12)19-20(5,16)18-11(3)4;;/h10-16H,7-9H2,1-6H3;7,10-15H,6,8-9H2,1-5H3;;/q;-1;+2;-1. The zero-order chi connectivity index (χ0) is 31.5. The van der Waals surface area contributed by atoms with E-state index in [1.807, 2.05) is 61.8 Å². The number of hydrogen-bond acceptors (Lipinski definition) is 10. The Morgan fingerprint density at radius 3 is 1.71 bits per heavy atom. The van der Waals surface area contributed by atoms with Gasteiger partial charge in [-0.15, -0.1) is 0 Å². The zero-order valence-electron chi connectivity index (χ0n) is 28.9. The summed E-state index contributed by atoms with van der Waals surface area (Å²) in [5, 5.41) is 20.1. The van der Waals surface area contributed by atoms with Crippen LogP contribution in [0.15, 0.2) is 0 Å². The summed E-state index contributed by atoms with van der Waals surface area (Å²) < 4.78 is 58.1. The molecule has 248 valence electrons. The maximum Gasteiger partial charge on any atom is 2.00 e. The molecule has 2 saturated carbocycles. The molecule has 42 heavy (non-hydrogen) atoms. The summed E-state index contributed by atoms with van der Waals surface area (Å²) in [5.41, 5.74) is 0. The molecule has 9 unspecified atom stereocenters. The second-order valence-electron chi connectivity index (χ2n) is 12.8. The molecule has 0 aliphatic heterocycles. The minimum Gasteiger partial charge on any atom is -1.00 e. The first kappa shape index (κ1) is 43.7. The van der Waals surface area contributed by atoms with Crippen molar-refractivity contribution in [3.05, 3.63) is 6.42 Å². The summed E-state index contributed by atoms with van der Waals surface area (Å²) in [6.07, 6.45) is 2.54. The molecule has 0 radical (unpaired) electrons. The molecule has 0 amide bonds. The number of aliphatic hydroxyl groups is 2. The Hall–Kier alpha value is 1.71. The summed E-state index contributed by atoms with van der Waals surface area (Å²) in [4.78, 5) is 0. The molecule has 2 aliphatic carbocycles. The van der Waals surface area contributed by atoms with E-state index < -0.39 is 33.5 Å². The van der Waals surface area contributed by atoms with Crippen LogP contribution >= 0.6 is 15.2 Å². The van der Waals surface area contributed by atoms with Crippen molar-refractivity contribution in [2.45, 2.75) is 137 Å². The molecule has 2 fully saturated rings. The van der Waals surface area contributed by atoms with Gasteiger partial charge in [0.25, 0.3) is 0 Å². The van der Waals surface area contributed by atoms with Gasteiger partial charge in [-0.05, 0) is 86.5 Å². The number of aliphatic hydroxyl groups excluding tert-OH is 2. The van der Waals surface area contributed by atoms with Gasteiger partial charge in [0.2, 0.25) is 0 Å². The fourth-order valence-corrected chi connectivity index (χ4v) is 8.29. The summed E-state index contributed by atoms with van der Waals surface area (Å²) in [6.45, 7) is 21.3. The van der Waals surface area contributed by atoms with Crippen molar-refractivity contribution in [3.63, 3.8) is 0 Å². The minimum atomic E-state index is -3.17. The summed E-state index contributed by atoms with van der Waals surface area (Å²) >= 11 is 0. The van der Waals surface area contributed by atoms with Gasteiger partial charge in [0.15, 0.2) is 0 Å². The molecule has 0 aromatic rings. The van der Waals surface area contributed by atoms with E-state index in [9.17, 15) is 19.3 Å². The van der Waals surface area contributed by atoms with E-state index in [0.717, 1.165) is 6.42 Å². The Balaban J connectivity index is 0. The van der Waals surface area contributed by atoms with Crippen molar-refractivity contribution in [1.29, 1.82) is 0 Å². The van der Waals surface area contributed by atoms with Crippen molar-refractivity contribution in [1.82, 2.24) is 0 Å². The summed E-state index contributed by atoms with van der Waals surface area (Å²) in [7, 11) is -6.28. The van der Waals surface area contributed by atoms with Crippen LogP contribution in [0.25, 0.3) is 0 Å². The Labute approximate surface area is 297 Å². The van der Waals surface area contributed by atoms with Crippen LogP contribution in [0.2, 0.25) is 0 Å². The van der Waals surface area contributed by atoms with Crippen molar-refractivity contribution in [3.8, 4) is 0 Å². The third-order valence-corrected chi connectivity index (χ3v) is 9.52. The maximum atomic E-state index is 12.4. The van der Waals surface area contributed by atoms with Crippen LogP contribution in [0.5, 0.6) is 0 Å². The van der Waals surface area contributed by atoms with Crippen LogP contribution in [0.4, 0.5) is 0 Å². The fourth-order valence-electron chi connectivity index (χ4n) is 5.16. The second-order valence-corrected chi connectivity index (χ2v) is 16.7. The third-order valence-electron chi connectivity index (χ3n) is 6.64. The molecule has 0 aromatic carbocycles. The Morgan fingerprint density at radius 1 is 0.762 bits per heavy atom. The van der Waals surface area contributed by atoms with Gasteiger partial charge < -0.3 is 39.2 Å². The quantitative estimate of drug-likeness (QED) is 0.120. The van der Waals surface area contributed by atoms with Crippen molar-refractivity contribution >= 4 is 64.1 Å². The van der Waals surface area contributed by atoms with Crippen LogP contribution in [-0.2, 0) is 36.7 Å². The van der Waals surface area contributed by atoms with Crippen molar-refractivity contribution in [2.75, 3.05) is 26.5 Å². The van der Waals surface area contributed by atoms with Crippen LogP contribution in [0.1, 0.15) is 89.4 Å². The Bertz CT molecular complexity index is 835. The Morgan fingerprint density at radius 2 is 1.24 bits per heavy atom. The van der Waals surface area contributed by atoms with Crippen LogP contribution < -0.4 is 0 Å². The van der Waals surface area contributed by atoms with Gasteiger partial charge in [-0.25, -0.2) is 0 Å². The zero-order valence-corrected chi connectivity index (χ0v) is 34.2. The average molecular weight is 768 g/mol. The molecule has 0 aromatic heterocycles. The first-order valence-corrected chi connectivity index (χ1v) is 19.1. The molecular formula is C29H60BaO10P2. The molecule has 2 N–H and O–H groups in total. The van der Waals surface area contributed by atoms with E-state index in [1.165, 1.54) is 13.3 Å². The van der Waals surface area contributed by atoms with E-state index in [0.29, 0.717) is 38.4 Å². The van der Waals surface area contributed by atoms with Crippen LogP contribution in [-0.4, -0.2) is 134 Å². The van der Waals surface area contributed by atoms with Gasteiger partial charge in [-0.3, -0.25) is 15.6 Å². The molecule has 10 nitrogen and oxygen atoms in total. The molecule has 9 atom stereocenters. The summed E-state index contributed by atoms with van der Waals surface area (Å²) in [5.74, 6) is 0.544. The van der Waals surface area contributed by atoms with E-state index in [-0.39, 0.29) is 92.7 Å². The Kier molecular flexibility index (Phi) is 21.7. The monoisotopic (exact) mass is 768 g/mol.